The molecule has 0 radical (unpaired) electrons. The number of anilines is 1. The maximum Gasteiger partial charge on any atom is 0.338 e. The summed E-state index contributed by atoms with van der Waals surface area (Å²) in [7, 11) is -2.39. The molecule has 0 fully saturated rings. The fraction of sp³-hybridized carbons (Fsp3) is 0.0833. The van der Waals surface area contributed by atoms with Crippen LogP contribution in [-0.4, -0.2) is 26.5 Å². The molecule has 0 saturated heterocycles. The molecule has 1 N–H and O–H groups in total. The topological polar surface area (TPSA) is 108 Å². The number of oxazole rings is 1. The lowest BCUT2D eigenvalue weighted by atomic mass is 10.2. The summed E-state index contributed by atoms with van der Waals surface area (Å²) in [6.45, 7) is -0.115. The van der Waals surface area contributed by atoms with Gasteiger partial charge < -0.3 is 13.9 Å². The first-order chi connectivity index (χ1) is 15.9. The van der Waals surface area contributed by atoms with Crippen LogP contribution in [-0.2, 0) is 21.4 Å². The molecule has 0 aliphatic rings. The number of methoxy groups -OCH3 is 1. The number of esters is 1. The number of rotatable bonds is 8. The van der Waals surface area contributed by atoms with Gasteiger partial charge in [0.1, 0.15) is 24.3 Å². The van der Waals surface area contributed by atoms with E-state index in [0.717, 1.165) is 5.56 Å². The number of nitrogens with zero attached hydrogens (tertiary/aromatic N) is 1. The van der Waals surface area contributed by atoms with Gasteiger partial charge in [-0.15, -0.1) is 0 Å². The molecule has 0 aliphatic carbocycles. The molecule has 1 heterocycles. The quantitative estimate of drug-likeness (QED) is 0.382. The Balaban J connectivity index is 1.42. The van der Waals surface area contributed by atoms with Gasteiger partial charge in [-0.3, -0.25) is 4.72 Å². The van der Waals surface area contributed by atoms with Crippen LogP contribution in [0, 0.1) is 0 Å². The molecule has 168 valence electrons. The van der Waals surface area contributed by atoms with Crippen LogP contribution in [0.15, 0.2) is 94.4 Å². The van der Waals surface area contributed by atoms with Gasteiger partial charge in [0.2, 0.25) is 5.89 Å². The van der Waals surface area contributed by atoms with Crippen LogP contribution in [0.1, 0.15) is 16.1 Å². The Morgan fingerprint density at radius 2 is 1.76 bits per heavy atom. The first kappa shape index (κ1) is 22.1. The smallest absolute Gasteiger partial charge is 0.338 e. The molecular formula is C24H20N2O6S. The molecule has 0 bridgehead atoms. The Labute approximate surface area is 190 Å². The number of carbonyl (C=O) groups excluding carboxylic acids is 1. The summed E-state index contributed by atoms with van der Waals surface area (Å²) >= 11 is 0. The number of aromatic nitrogens is 1. The second kappa shape index (κ2) is 9.58. The van der Waals surface area contributed by atoms with Crippen molar-refractivity contribution in [3.63, 3.8) is 0 Å². The highest BCUT2D eigenvalue weighted by molar-refractivity contribution is 7.92. The summed E-state index contributed by atoms with van der Waals surface area (Å²) in [5, 5.41) is 0. The molecule has 9 heteroatoms. The van der Waals surface area contributed by atoms with Crippen LogP contribution in [0.25, 0.3) is 11.5 Å². The number of nitrogens with one attached hydrogen (secondary N) is 1. The van der Waals surface area contributed by atoms with E-state index in [1.165, 1.54) is 37.6 Å². The summed E-state index contributed by atoms with van der Waals surface area (Å²) in [4.78, 5) is 16.7. The highest BCUT2D eigenvalue weighted by Crippen LogP contribution is 2.21. The van der Waals surface area contributed by atoms with E-state index in [0.29, 0.717) is 23.0 Å². The van der Waals surface area contributed by atoms with E-state index in [1.807, 2.05) is 30.3 Å². The van der Waals surface area contributed by atoms with Gasteiger partial charge >= 0.3 is 5.97 Å². The largest absolute Gasteiger partial charge is 0.497 e. The van der Waals surface area contributed by atoms with Crippen molar-refractivity contribution in [3.8, 4) is 17.2 Å². The summed E-state index contributed by atoms with van der Waals surface area (Å²) in [6.07, 6.45) is 1.41. The number of hydrogen-bond acceptors (Lipinski definition) is 7. The third-order valence-electron chi connectivity index (χ3n) is 4.65. The SMILES string of the molecule is COc1ccc(NS(=O)(=O)c2cccc(C(=O)OCc3coc(-c4ccccc4)n3)c2)cc1. The van der Waals surface area contributed by atoms with Crippen molar-refractivity contribution in [1.29, 1.82) is 0 Å². The first-order valence-electron chi connectivity index (χ1n) is 9.88. The maximum atomic E-state index is 12.7. The van der Waals surface area contributed by atoms with Crippen molar-refractivity contribution < 1.29 is 27.1 Å². The molecule has 0 saturated carbocycles. The van der Waals surface area contributed by atoms with Gasteiger partial charge in [-0.1, -0.05) is 24.3 Å². The second-order valence-electron chi connectivity index (χ2n) is 6.95. The molecule has 1 aromatic heterocycles. The summed E-state index contributed by atoms with van der Waals surface area (Å²) in [6, 6.07) is 21.4. The number of sulfonamides is 1. The molecule has 0 amide bonds. The highest BCUT2D eigenvalue weighted by Gasteiger charge is 2.18. The normalized spacial score (nSPS) is 11.1. The van der Waals surface area contributed by atoms with Crippen LogP contribution in [0.3, 0.4) is 0 Å². The van der Waals surface area contributed by atoms with Gasteiger partial charge in [0.05, 0.1) is 17.6 Å². The van der Waals surface area contributed by atoms with Crippen molar-refractivity contribution in [1.82, 2.24) is 4.98 Å². The highest BCUT2D eigenvalue weighted by atomic mass is 32.2. The number of hydrogen-bond donors (Lipinski definition) is 1. The van der Waals surface area contributed by atoms with E-state index in [-0.39, 0.29) is 17.1 Å². The predicted octanol–water partition coefficient (Wildman–Crippen LogP) is 4.51. The number of carbonyl (C=O) groups is 1. The lowest BCUT2D eigenvalue weighted by molar-refractivity contribution is 0.0467. The van der Waals surface area contributed by atoms with Gasteiger partial charge in [-0.2, -0.15) is 0 Å². The first-order valence-corrected chi connectivity index (χ1v) is 11.4. The Hall–Kier alpha value is -4.11. The van der Waals surface area contributed by atoms with E-state index in [1.54, 1.807) is 24.3 Å². The molecule has 0 aliphatic heterocycles. The minimum absolute atomic E-state index is 0.0689. The summed E-state index contributed by atoms with van der Waals surface area (Å²) in [5.41, 5.74) is 1.70. The van der Waals surface area contributed by atoms with Crippen molar-refractivity contribution in [3.05, 3.63) is 96.4 Å². The fourth-order valence-electron chi connectivity index (χ4n) is 2.97. The van der Waals surface area contributed by atoms with Gasteiger partial charge in [0.15, 0.2) is 0 Å². The maximum absolute atomic E-state index is 12.7. The van der Waals surface area contributed by atoms with Crippen LogP contribution < -0.4 is 9.46 Å². The number of benzene rings is 3. The zero-order valence-electron chi connectivity index (χ0n) is 17.6. The average Bonchev–Trinajstić information content (AvgIpc) is 3.32. The van der Waals surface area contributed by atoms with Crippen LogP contribution in [0.5, 0.6) is 5.75 Å². The van der Waals surface area contributed by atoms with E-state index in [4.69, 9.17) is 13.9 Å². The molecule has 0 atom stereocenters. The van der Waals surface area contributed by atoms with Crippen LogP contribution in [0.2, 0.25) is 0 Å². The molecule has 0 unspecified atom stereocenters. The van der Waals surface area contributed by atoms with E-state index < -0.39 is 16.0 Å². The zero-order valence-corrected chi connectivity index (χ0v) is 18.4. The zero-order chi connectivity index (χ0) is 23.3. The Kier molecular flexibility index (Phi) is 6.41. The summed E-state index contributed by atoms with van der Waals surface area (Å²) < 4.78 is 43.7. The molecule has 3 aromatic carbocycles. The molecule has 0 spiro atoms. The second-order valence-corrected chi connectivity index (χ2v) is 8.63. The van der Waals surface area contributed by atoms with Crippen molar-refractivity contribution in [2.24, 2.45) is 0 Å². The minimum Gasteiger partial charge on any atom is -0.497 e. The Bertz CT molecular complexity index is 1350. The molecular weight excluding hydrogens is 444 g/mol. The van der Waals surface area contributed by atoms with Gasteiger partial charge in [-0.05, 0) is 54.6 Å². The third-order valence-corrected chi connectivity index (χ3v) is 6.02. The Morgan fingerprint density at radius 3 is 2.48 bits per heavy atom. The Morgan fingerprint density at radius 1 is 1.00 bits per heavy atom. The third kappa shape index (κ3) is 5.39. The van der Waals surface area contributed by atoms with E-state index in [2.05, 4.69) is 9.71 Å². The van der Waals surface area contributed by atoms with E-state index >= 15 is 0 Å². The van der Waals surface area contributed by atoms with Crippen LogP contribution >= 0.6 is 0 Å². The lowest BCUT2D eigenvalue weighted by Gasteiger charge is -2.10. The molecule has 4 aromatic rings. The van der Waals surface area contributed by atoms with E-state index in [9.17, 15) is 13.2 Å². The standard InChI is InChI=1S/C24H20N2O6S/c1-30-21-12-10-19(11-13-21)26-33(28,29)22-9-5-8-18(14-22)24(27)32-16-20-15-31-23(25-20)17-6-3-2-4-7-17/h2-15,26H,16H2,1H3. The van der Waals surface area contributed by atoms with Gasteiger partial charge in [-0.25, -0.2) is 18.2 Å². The van der Waals surface area contributed by atoms with Crippen molar-refractivity contribution in [2.75, 3.05) is 11.8 Å². The van der Waals surface area contributed by atoms with Crippen LogP contribution in [0.4, 0.5) is 5.69 Å². The monoisotopic (exact) mass is 464 g/mol. The average molecular weight is 464 g/mol. The van der Waals surface area contributed by atoms with Crippen molar-refractivity contribution in [2.45, 2.75) is 11.5 Å². The lowest BCUT2D eigenvalue weighted by Crippen LogP contribution is -2.14. The number of ether oxygens (including phenoxy) is 2. The fourth-order valence-corrected chi connectivity index (χ4v) is 4.08. The molecule has 4 rings (SSSR count). The molecule has 8 nitrogen and oxygen atoms in total. The van der Waals surface area contributed by atoms with Gasteiger partial charge in [0, 0.05) is 11.3 Å². The van der Waals surface area contributed by atoms with Gasteiger partial charge in [0.25, 0.3) is 10.0 Å². The van der Waals surface area contributed by atoms with Crippen molar-refractivity contribution >= 4 is 21.7 Å². The predicted molar refractivity (Wildman–Crippen MR) is 121 cm³/mol. The molecule has 33 heavy (non-hydrogen) atoms. The summed E-state index contributed by atoms with van der Waals surface area (Å²) in [5.74, 6) is 0.339. The minimum atomic E-state index is -3.91.